The quantitative estimate of drug-likeness (QED) is 0.478. The van der Waals surface area contributed by atoms with Gasteiger partial charge in [0.25, 0.3) is 0 Å². The highest BCUT2D eigenvalue weighted by atomic mass is 16.6. The molecule has 2 aromatic rings. The monoisotopic (exact) mass is 372 g/mol. The van der Waals surface area contributed by atoms with Crippen LogP contribution in [0.3, 0.4) is 0 Å². The molecule has 1 aliphatic heterocycles. The van der Waals surface area contributed by atoms with E-state index < -0.39 is 4.92 Å². The number of hydrogen-bond acceptors (Lipinski definition) is 9. The molecule has 0 aromatic carbocycles. The Labute approximate surface area is 155 Å². The number of nitrogens with zero attached hydrogens (tertiary/aromatic N) is 5. The number of carbonyl (C=O) groups is 1. The van der Waals surface area contributed by atoms with Crippen molar-refractivity contribution in [1.29, 1.82) is 0 Å². The first-order chi connectivity index (χ1) is 13.0. The van der Waals surface area contributed by atoms with Crippen LogP contribution in [0.25, 0.3) is 0 Å². The summed E-state index contributed by atoms with van der Waals surface area (Å²) in [5, 5.41) is 14.6. The smallest absolute Gasteiger partial charge is 0.353 e. The van der Waals surface area contributed by atoms with Gasteiger partial charge in [0.1, 0.15) is 12.1 Å². The second-order valence-corrected chi connectivity index (χ2v) is 6.28. The van der Waals surface area contributed by atoms with Crippen LogP contribution in [0.2, 0.25) is 0 Å². The number of pyridine rings is 1. The Morgan fingerprint density at radius 3 is 2.70 bits per heavy atom. The predicted octanol–water partition coefficient (Wildman–Crippen LogP) is 2.22. The van der Waals surface area contributed by atoms with Crippen molar-refractivity contribution in [3.8, 4) is 0 Å². The second-order valence-electron chi connectivity index (χ2n) is 6.28. The van der Waals surface area contributed by atoms with Gasteiger partial charge in [-0.1, -0.05) is 0 Å². The number of esters is 1. The van der Waals surface area contributed by atoms with E-state index in [1.54, 1.807) is 17.2 Å². The van der Waals surface area contributed by atoms with E-state index in [9.17, 15) is 14.9 Å². The molecule has 0 spiro atoms. The Morgan fingerprint density at radius 1 is 1.33 bits per heavy atom. The predicted molar refractivity (Wildman–Crippen MR) is 97.9 cm³/mol. The van der Waals surface area contributed by atoms with Crippen LogP contribution in [0.4, 0.5) is 23.1 Å². The van der Waals surface area contributed by atoms with E-state index >= 15 is 0 Å². The number of aromatic nitrogens is 3. The fourth-order valence-corrected chi connectivity index (χ4v) is 3.08. The summed E-state index contributed by atoms with van der Waals surface area (Å²) in [6.07, 6.45) is 4.00. The van der Waals surface area contributed by atoms with Gasteiger partial charge < -0.3 is 15.0 Å². The Hall–Kier alpha value is -3.30. The van der Waals surface area contributed by atoms with Gasteiger partial charge in [0.2, 0.25) is 11.6 Å². The molecule has 1 fully saturated rings. The molecule has 142 valence electrons. The van der Waals surface area contributed by atoms with Gasteiger partial charge in [-0.15, -0.1) is 0 Å². The number of ether oxygens (including phenoxy) is 1. The van der Waals surface area contributed by atoms with Gasteiger partial charge in [-0.3, -0.25) is 14.9 Å². The van der Waals surface area contributed by atoms with Crippen molar-refractivity contribution in [3.05, 3.63) is 40.3 Å². The summed E-state index contributed by atoms with van der Waals surface area (Å²) in [4.78, 5) is 37.0. The van der Waals surface area contributed by atoms with Gasteiger partial charge >= 0.3 is 11.7 Å². The van der Waals surface area contributed by atoms with Crippen molar-refractivity contribution in [1.82, 2.24) is 15.0 Å². The highest BCUT2D eigenvalue weighted by Gasteiger charge is 2.32. The van der Waals surface area contributed by atoms with E-state index in [1.165, 1.54) is 13.4 Å². The Balaban J connectivity index is 1.86. The Kier molecular flexibility index (Phi) is 5.43. The number of nitro groups is 1. The van der Waals surface area contributed by atoms with Crippen molar-refractivity contribution in [2.45, 2.75) is 19.8 Å². The summed E-state index contributed by atoms with van der Waals surface area (Å²) in [5.41, 5.74) is 0.756. The second kappa shape index (κ2) is 7.94. The van der Waals surface area contributed by atoms with Crippen LogP contribution in [0.15, 0.2) is 24.7 Å². The SMILES string of the molecule is COC(=O)C1CCN(c2ncnc(Nc3cc(C)ccn3)c2[N+](=O)[O-])CC1. The summed E-state index contributed by atoms with van der Waals surface area (Å²) in [7, 11) is 1.36. The largest absolute Gasteiger partial charge is 0.469 e. The van der Waals surface area contributed by atoms with E-state index in [2.05, 4.69) is 20.3 Å². The molecule has 0 atom stereocenters. The zero-order chi connectivity index (χ0) is 19.4. The fraction of sp³-hybridized carbons (Fsp3) is 0.412. The zero-order valence-corrected chi connectivity index (χ0v) is 15.1. The third kappa shape index (κ3) is 4.10. The van der Waals surface area contributed by atoms with Crippen LogP contribution >= 0.6 is 0 Å². The molecule has 3 rings (SSSR count). The molecule has 1 aliphatic rings. The van der Waals surface area contributed by atoms with Crippen LogP contribution in [-0.2, 0) is 9.53 Å². The number of nitrogens with one attached hydrogen (secondary N) is 1. The van der Waals surface area contributed by atoms with E-state index in [1.807, 2.05) is 13.0 Å². The minimum atomic E-state index is -0.500. The van der Waals surface area contributed by atoms with Crippen LogP contribution < -0.4 is 10.2 Å². The van der Waals surface area contributed by atoms with Crippen molar-refractivity contribution in [3.63, 3.8) is 0 Å². The first-order valence-corrected chi connectivity index (χ1v) is 8.51. The van der Waals surface area contributed by atoms with Crippen LogP contribution in [0.5, 0.6) is 0 Å². The molecule has 10 heteroatoms. The third-order valence-electron chi connectivity index (χ3n) is 4.48. The Morgan fingerprint density at radius 2 is 2.07 bits per heavy atom. The van der Waals surface area contributed by atoms with E-state index in [0.29, 0.717) is 31.7 Å². The summed E-state index contributed by atoms with van der Waals surface area (Å²) in [6.45, 7) is 2.84. The summed E-state index contributed by atoms with van der Waals surface area (Å²) < 4.78 is 4.78. The summed E-state index contributed by atoms with van der Waals surface area (Å²) >= 11 is 0. The normalized spacial score (nSPS) is 14.7. The summed E-state index contributed by atoms with van der Waals surface area (Å²) in [6, 6.07) is 3.60. The van der Waals surface area contributed by atoms with E-state index in [0.717, 1.165) is 5.56 Å². The minimum absolute atomic E-state index is 0.0817. The molecule has 0 bridgehead atoms. The molecule has 3 heterocycles. The van der Waals surface area contributed by atoms with Crippen LogP contribution in [0.1, 0.15) is 18.4 Å². The molecule has 0 saturated carbocycles. The molecule has 2 aromatic heterocycles. The lowest BCUT2D eigenvalue weighted by Crippen LogP contribution is -2.37. The molecule has 0 aliphatic carbocycles. The molecular weight excluding hydrogens is 352 g/mol. The average molecular weight is 372 g/mol. The number of piperidine rings is 1. The van der Waals surface area contributed by atoms with Crippen molar-refractivity contribution >= 4 is 29.1 Å². The van der Waals surface area contributed by atoms with E-state index in [-0.39, 0.29) is 29.2 Å². The fourth-order valence-electron chi connectivity index (χ4n) is 3.08. The molecule has 1 N–H and O–H groups in total. The maximum Gasteiger partial charge on any atom is 0.353 e. The van der Waals surface area contributed by atoms with Gasteiger partial charge in [0.05, 0.1) is 18.0 Å². The highest BCUT2D eigenvalue weighted by Crippen LogP contribution is 2.35. The van der Waals surface area contributed by atoms with Gasteiger partial charge in [-0.2, -0.15) is 0 Å². The molecule has 1 saturated heterocycles. The number of hydrogen-bond donors (Lipinski definition) is 1. The van der Waals surface area contributed by atoms with E-state index in [4.69, 9.17) is 4.74 Å². The number of anilines is 3. The number of aryl methyl sites for hydroxylation is 1. The van der Waals surface area contributed by atoms with Gasteiger partial charge in [0, 0.05) is 19.3 Å². The summed E-state index contributed by atoms with van der Waals surface area (Å²) in [5.74, 6) is 0.333. The van der Waals surface area contributed by atoms with Crippen molar-refractivity contribution in [2.24, 2.45) is 5.92 Å². The van der Waals surface area contributed by atoms with Crippen LogP contribution in [0, 0.1) is 23.0 Å². The lowest BCUT2D eigenvalue weighted by atomic mass is 9.97. The first-order valence-electron chi connectivity index (χ1n) is 8.51. The zero-order valence-electron chi connectivity index (χ0n) is 15.1. The Bertz CT molecular complexity index is 851. The standard InChI is InChI=1S/C17H20N6O4/c1-11-3-6-18-13(9-11)21-15-14(23(25)26)16(20-10-19-15)22-7-4-12(5-8-22)17(24)27-2/h3,6,9-10,12H,4-5,7-8H2,1-2H3,(H,18,19,20,21). The maximum atomic E-state index is 11.7. The third-order valence-corrected chi connectivity index (χ3v) is 4.48. The minimum Gasteiger partial charge on any atom is -0.469 e. The molecule has 0 unspecified atom stereocenters. The molecule has 27 heavy (non-hydrogen) atoms. The molecular formula is C17H20N6O4. The first kappa shape index (κ1) is 18.5. The highest BCUT2D eigenvalue weighted by molar-refractivity contribution is 5.75. The maximum absolute atomic E-state index is 11.7. The molecule has 10 nitrogen and oxygen atoms in total. The number of rotatable bonds is 5. The topological polar surface area (TPSA) is 123 Å². The van der Waals surface area contributed by atoms with Gasteiger partial charge in [-0.25, -0.2) is 15.0 Å². The number of carbonyl (C=O) groups excluding carboxylic acids is 1. The molecule has 0 amide bonds. The van der Waals surface area contributed by atoms with Gasteiger partial charge in [0.15, 0.2) is 0 Å². The van der Waals surface area contributed by atoms with Crippen LogP contribution in [-0.4, -0.2) is 46.0 Å². The average Bonchev–Trinajstić information content (AvgIpc) is 2.67. The van der Waals surface area contributed by atoms with Gasteiger partial charge in [-0.05, 0) is 37.5 Å². The lowest BCUT2D eigenvalue weighted by molar-refractivity contribution is -0.383. The molecule has 0 radical (unpaired) electrons. The lowest BCUT2D eigenvalue weighted by Gasteiger charge is -2.31. The van der Waals surface area contributed by atoms with Crippen molar-refractivity contribution < 1.29 is 14.5 Å². The van der Waals surface area contributed by atoms with Crippen molar-refractivity contribution in [2.75, 3.05) is 30.4 Å². The number of methoxy groups -OCH3 is 1.